The average molecular weight is 265 g/mol. The van der Waals surface area contributed by atoms with Crippen molar-refractivity contribution in [3.63, 3.8) is 0 Å². The van der Waals surface area contributed by atoms with Crippen LogP contribution < -0.4 is 9.47 Å². The maximum atomic E-state index is 5.66. The highest BCUT2D eigenvalue weighted by Gasteiger charge is 2.07. The van der Waals surface area contributed by atoms with Crippen LogP contribution >= 0.6 is 11.6 Å². The second kappa shape index (κ2) is 5.69. The fourth-order valence-corrected chi connectivity index (χ4v) is 1.59. The third kappa shape index (κ3) is 2.90. The molecule has 0 spiro atoms. The Hall–Kier alpha value is -1.81. The Morgan fingerprint density at radius 3 is 2.56 bits per heavy atom. The summed E-state index contributed by atoms with van der Waals surface area (Å²) in [4.78, 5) is 0. The highest BCUT2D eigenvalue weighted by molar-refractivity contribution is 6.29. The summed E-state index contributed by atoms with van der Waals surface area (Å²) in [6.07, 6.45) is 0.942. The fourth-order valence-electron chi connectivity index (χ4n) is 1.49. The first-order chi connectivity index (χ1) is 8.72. The van der Waals surface area contributed by atoms with Gasteiger partial charge in [-0.05, 0) is 30.2 Å². The van der Waals surface area contributed by atoms with Gasteiger partial charge in [-0.3, -0.25) is 0 Å². The van der Waals surface area contributed by atoms with Gasteiger partial charge in [-0.25, -0.2) is 0 Å². The highest BCUT2D eigenvalue weighted by atomic mass is 35.5. The molecule has 0 aliphatic rings. The van der Waals surface area contributed by atoms with Crippen LogP contribution in [-0.4, -0.2) is 17.3 Å². The van der Waals surface area contributed by atoms with Crippen molar-refractivity contribution in [2.45, 2.75) is 13.3 Å². The van der Waals surface area contributed by atoms with E-state index in [-0.39, 0.29) is 0 Å². The Morgan fingerprint density at radius 2 is 1.94 bits per heavy atom. The molecule has 0 aliphatic carbocycles. The summed E-state index contributed by atoms with van der Waals surface area (Å²) in [5.41, 5.74) is 1.18. The molecule has 2 aromatic rings. The lowest BCUT2D eigenvalue weighted by Gasteiger charge is -2.10. The molecule has 0 N–H and O–H groups in total. The molecule has 18 heavy (non-hydrogen) atoms. The molecule has 0 amide bonds. The summed E-state index contributed by atoms with van der Waals surface area (Å²) in [7, 11) is 1.61. The molecule has 1 aromatic heterocycles. The van der Waals surface area contributed by atoms with Gasteiger partial charge in [0.05, 0.1) is 7.11 Å². The quantitative estimate of drug-likeness (QED) is 0.848. The van der Waals surface area contributed by atoms with Crippen LogP contribution in [0.4, 0.5) is 0 Å². The SMILES string of the molecule is CCc1ccc(Oc2ccc(Cl)nn2)c(OC)c1. The second-order valence-corrected chi connectivity index (χ2v) is 4.02. The van der Waals surface area contributed by atoms with Gasteiger partial charge in [-0.2, -0.15) is 0 Å². The van der Waals surface area contributed by atoms with Gasteiger partial charge in [0.2, 0.25) is 5.88 Å². The zero-order valence-electron chi connectivity index (χ0n) is 10.2. The van der Waals surface area contributed by atoms with Crippen molar-refractivity contribution in [1.29, 1.82) is 0 Å². The van der Waals surface area contributed by atoms with Gasteiger partial charge in [0.1, 0.15) is 0 Å². The van der Waals surface area contributed by atoms with Crippen LogP contribution in [0.5, 0.6) is 17.4 Å². The van der Waals surface area contributed by atoms with Crippen molar-refractivity contribution in [2.75, 3.05) is 7.11 Å². The van der Waals surface area contributed by atoms with Gasteiger partial charge in [-0.15, -0.1) is 10.2 Å². The van der Waals surface area contributed by atoms with Crippen LogP contribution in [0.15, 0.2) is 30.3 Å². The summed E-state index contributed by atoms with van der Waals surface area (Å²) in [6, 6.07) is 9.06. The number of hydrogen-bond donors (Lipinski definition) is 0. The standard InChI is InChI=1S/C13H13ClN2O2/c1-3-9-4-5-10(11(8-9)17-2)18-13-7-6-12(14)15-16-13/h4-8H,3H2,1-2H3. The summed E-state index contributed by atoms with van der Waals surface area (Å²) in [5.74, 6) is 1.65. The summed E-state index contributed by atoms with van der Waals surface area (Å²) in [6.45, 7) is 2.08. The normalized spacial score (nSPS) is 10.2. The Balaban J connectivity index is 2.25. The Labute approximate surface area is 111 Å². The minimum atomic E-state index is 0.329. The second-order valence-electron chi connectivity index (χ2n) is 3.64. The first-order valence-electron chi connectivity index (χ1n) is 5.57. The number of halogens is 1. The molecular formula is C13H13ClN2O2. The average Bonchev–Trinajstić information content (AvgIpc) is 2.41. The fraction of sp³-hybridized carbons (Fsp3) is 0.231. The van der Waals surface area contributed by atoms with E-state index in [1.165, 1.54) is 5.56 Å². The summed E-state index contributed by atoms with van der Waals surface area (Å²) in [5, 5.41) is 7.88. The minimum Gasteiger partial charge on any atom is -0.493 e. The minimum absolute atomic E-state index is 0.329. The van der Waals surface area contributed by atoms with E-state index in [1.54, 1.807) is 19.2 Å². The number of aromatic nitrogens is 2. The molecule has 2 rings (SSSR count). The molecule has 94 valence electrons. The van der Waals surface area contributed by atoms with Crippen LogP contribution in [-0.2, 0) is 6.42 Å². The maximum absolute atomic E-state index is 5.66. The summed E-state index contributed by atoms with van der Waals surface area (Å²) >= 11 is 5.66. The predicted octanol–water partition coefficient (Wildman–Crippen LogP) is 3.49. The van der Waals surface area contributed by atoms with E-state index < -0.39 is 0 Å². The van der Waals surface area contributed by atoms with E-state index in [9.17, 15) is 0 Å². The van der Waals surface area contributed by atoms with Crippen LogP contribution in [0, 0.1) is 0 Å². The third-order valence-electron chi connectivity index (χ3n) is 2.46. The molecule has 5 heteroatoms. The van der Waals surface area contributed by atoms with E-state index >= 15 is 0 Å². The largest absolute Gasteiger partial charge is 0.493 e. The number of ether oxygens (including phenoxy) is 2. The smallest absolute Gasteiger partial charge is 0.239 e. The van der Waals surface area contributed by atoms with Gasteiger partial charge >= 0.3 is 0 Å². The van der Waals surface area contributed by atoms with Crippen molar-refractivity contribution in [1.82, 2.24) is 10.2 Å². The molecule has 4 nitrogen and oxygen atoms in total. The number of methoxy groups -OCH3 is 1. The Bertz CT molecular complexity index is 529. The van der Waals surface area contributed by atoms with Crippen molar-refractivity contribution < 1.29 is 9.47 Å². The zero-order chi connectivity index (χ0) is 13.0. The van der Waals surface area contributed by atoms with Crippen molar-refractivity contribution >= 4 is 11.6 Å². The number of rotatable bonds is 4. The first kappa shape index (κ1) is 12.6. The molecule has 1 heterocycles. The van der Waals surface area contributed by atoms with Crippen molar-refractivity contribution in [2.24, 2.45) is 0 Å². The van der Waals surface area contributed by atoms with Crippen molar-refractivity contribution in [3.05, 3.63) is 41.0 Å². The van der Waals surface area contributed by atoms with Crippen LogP contribution in [0.3, 0.4) is 0 Å². The molecular weight excluding hydrogens is 252 g/mol. The van der Waals surface area contributed by atoms with Gasteiger partial charge in [0.25, 0.3) is 0 Å². The van der Waals surface area contributed by atoms with Crippen LogP contribution in [0.1, 0.15) is 12.5 Å². The number of nitrogens with zero attached hydrogens (tertiary/aromatic N) is 2. The van der Waals surface area contributed by atoms with Crippen LogP contribution in [0.25, 0.3) is 0 Å². The Kier molecular flexibility index (Phi) is 3.99. The highest BCUT2D eigenvalue weighted by Crippen LogP contribution is 2.31. The number of aryl methyl sites for hydroxylation is 1. The predicted molar refractivity (Wildman–Crippen MR) is 69.5 cm³/mol. The lowest BCUT2D eigenvalue weighted by atomic mass is 10.1. The molecule has 0 atom stereocenters. The van der Waals surface area contributed by atoms with Gasteiger partial charge in [-0.1, -0.05) is 24.6 Å². The Morgan fingerprint density at radius 1 is 1.11 bits per heavy atom. The molecule has 0 bridgehead atoms. The van der Waals surface area contributed by atoms with Gasteiger partial charge in [0, 0.05) is 6.07 Å². The monoisotopic (exact) mass is 264 g/mol. The van der Waals surface area contributed by atoms with E-state index in [0.717, 1.165) is 6.42 Å². The molecule has 0 radical (unpaired) electrons. The lowest BCUT2D eigenvalue weighted by molar-refractivity contribution is 0.372. The maximum Gasteiger partial charge on any atom is 0.239 e. The van der Waals surface area contributed by atoms with Gasteiger partial charge in [0.15, 0.2) is 16.7 Å². The lowest BCUT2D eigenvalue weighted by Crippen LogP contribution is -1.94. The molecule has 0 unspecified atom stereocenters. The van der Waals surface area contributed by atoms with E-state index in [1.807, 2.05) is 18.2 Å². The van der Waals surface area contributed by atoms with E-state index in [0.29, 0.717) is 22.5 Å². The molecule has 0 saturated carbocycles. The molecule has 0 aliphatic heterocycles. The van der Waals surface area contributed by atoms with Gasteiger partial charge < -0.3 is 9.47 Å². The summed E-state index contributed by atoms with van der Waals surface area (Å²) < 4.78 is 10.9. The number of hydrogen-bond acceptors (Lipinski definition) is 4. The van der Waals surface area contributed by atoms with E-state index in [4.69, 9.17) is 21.1 Å². The molecule has 0 saturated heterocycles. The topological polar surface area (TPSA) is 44.2 Å². The van der Waals surface area contributed by atoms with Crippen molar-refractivity contribution in [3.8, 4) is 17.4 Å². The zero-order valence-corrected chi connectivity index (χ0v) is 10.9. The number of benzene rings is 1. The molecule has 1 aromatic carbocycles. The first-order valence-corrected chi connectivity index (χ1v) is 5.94. The van der Waals surface area contributed by atoms with E-state index in [2.05, 4.69) is 17.1 Å². The third-order valence-corrected chi connectivity index (χ3v) is 2.66. The van der Waals surface area contributed by atoms with Crippen LogP contribution in [0.2, 0.25) is 5.15 Å². The molecule has 0 fully saturated rings.